The second-order valence-corrected chi connectivity index (χ2v) is 7.73. The summed E-state index contributed by atoms with van der Waals surface area (Å²) in [6.07, 6.45) is -6.23. The molecule has 1 atom stereocenters. The van der Waals surface area contributed by atoms with Gasteiger partial charge in [-0.15, -0.1) is 0 Å². The molecule has 11 heteroatoms. The summed E-state index contributed by atoms with van der Waals surface area (Å²) >= 11 is 5.99. The fourth-order valence-corrected chi connectivity index (χ4v) is 3.49. The first-order chi connectivity index (χ1) is 16.6. The first kappa shape index (κ1) is 24.0. The van der Waals surface area contributed by atoms with E-state index in [1.54, 1.807) is 30.3 Å². The molecular weight excluding hydrogens is 487 g/mol. The summed E-state index contributed by atoms with van der Waals surface area (Å²) in [4.78, 5) is 38.1. The Labute approximate surface area is 200 Å². The number of aromatic nitrogens is 2. The highest BCUT2D eigenvalue weighted by Gasteiger charge is 2.32. The van der Waals surface area contributed by atoms with E-state index in [2.05, 4.69) is 15.5 Å². The van der Waals surface area contributed by atoms with Crippen LogP contribution in [0.1, 0.15) is 27.7 Å². The molecule has 1 unspecified atom stereocenters. The second kappa shape index (κ2) is 9.59. The molecule has 0 aliphatic carbocycles. The predicted molar refractivity (Wildman–Crippen MR) is 122 cm³/mol. The van der Waals surface area contributed by atoms with E-state index in [0.29, 0.717) is 6.07 Å². The van der Waals surface area contributed by atoms with E-state index in [0.717, 1.165) is 12.1 Å². The monoisotopic (exact) mass is 501 g/mol. The van der Waals surface area contributed by atoms with E-state index < -0.39 is 35.3 Å². The van der Waals surface area contributed by atoms with Crippen LogP contribution in [0, 0.1) is 0 Å². The first-order valence-electron chi connectivity index (χ1n) is 10.1. The van der Waals surface area contributed by atoms with Crippen LogP contribution in [0.25, 0.3) is 10.8 Å². The summed E-state index contributed by atoms with van der Waals surface area (Å²) in [5.74, 6) is -1.98. The fourth-order valence-electron chi connectivity index (χ4n) is 3.33. The Hall–Kier alpha value is -4.18. The Morgan fingerprint density at radius 3 is 2.31 bits per heavy atom. The summed E-state index contributed by atoms with van der Waals surface area (Å²) in [6.45, 7) is 0. The number of hydrogen-bond donors (Lipinski definition) is 2. The van der Waals surface area contributed by atoms with Crippen molar-refractivity contribution in [3.8, 4) is 0 Å². The predicted octanol–water partition coefficient (Wildman–Crippen LogP) is 5.13. The van der Waals surface area contributed by atoms with Gasteiger partial charge in [0.1, 0.15) is 0 Å². The molecule has 178 valence electrons. The molecule has 0 spiro atoms. The van der Waals surface area contributed by atoms with Crippen molar-refractivity contribution in [1.29, 1.82) is 0 Å². The van der Waals surface area contributed by atoms with Gasteiger partial charge in [-0.25, -0.2) is 9.89 Å². The number of carbonyl (C=O) groups excluding carboxylic acids is 2. The Morgan fingerprint density at radius 2 is 1.63 bits per heavy atom. The number of rotatable bonds is 5. The summed E-state index contributed by atoms with van der Waals surface area (Å²) in [7, 11) is 0. The first-order valence-corrected chi connectivity index (χ1v) is 10.4. The number of carbonyl (C=O) groups is 2. The third kappa shape index (κ3) is 5.17. The van der Waals surface area contributed by atoms with Crippen LogP contribution in [0.2, 0.25) is 5.02 Å². The van der Waals surface area contributed by atoms with E-state index in [4.69, 9.17) is 16.3 Å². The summed E-state index contributed by atoms with van der Waals surface area (Å²) < 4.78 is 44.8. The molecule has 35 heavy (non-hydrogen) atoms. The van der Waals surface area contributed by atoms with Gasteiger partial charge >= 0.3 is 12.1 Å². The summed E-state index contributed by atoms with van der Waals surface area (Å²) in [5.41, 5.74) is -1.85. The highest BCUT2D eigenvalue weighted by Crippen LogP contribution is 2.34. The van der Waals surface area contributed by atoms with Crippen molar-refractivity contribution < 1.29 is 27.5 Å². The minimum atomic E-state index is -4.66. The number of amides is 1. The van der Waals surface area contributed by atoms with E-state index in [1.165, 1.54) is 24.3 Å². The molecule has 4 rings (SSSR count). The lowest BCUT2D eigenvalue weighted by molar-refractivity contribution is -0.137. The van der Waals surface area contributed by atoms with Crippen LogP contribution >= 0.6 is 11.6 Å². The van der Waals surface area contributed by atoms with Crippen LogP contribution in [-0.2, 0) is 15.7 Å². The number of halogens is 4. The van der Waals surface area contributed by atoms with E-state index in [-0.39, 0.29) is 32.7 Å². The number of alkyl halides is 3. The van der Waals surface area contributed by atoms with Gasteiger partial charge in [-0.3, -0.25) is 9.59 Å². The lowest BCUT2D eigenvalue weighted by atomic mass is 10.1. The zero-order chi connectivity index (χ0) is 25.2. The smallest absolute Gasteiger partial charge is 0.416 e. The van der Waals surface area contributed by atoms with Crippen LogP contribution in [0.15, 0.2) is 77.6 Å². The van der Waals surface area contributed by atoms with Crippen molar-refractivity contribution in [2.45, 2.75) is 12.3 Å². The van der Waals surface area contributed by atoms with Gasteiger partial charge in [0.2, 0.25) is 6.10 Å². The molecular formula is C24H15ClF3N3O4. The van der Waals surface area contributed by atoms with Crippen molar-refractivity contribution in [3.05, 3.63) is 105 Å². The molecule has 4 aromatic rings. The number of ether oxygens (including phenoxy) is 1. The molecule has 2 N–H and O–H groups in total. The van der Waals surface area contributed by atoms with Gasteiger partial charge < -0.3 is 10.1 Å². The Morgan fingerprint density at radius 1 is 0.971 bits per heavy atom. The highest BCUT2D eigenvalue weighted by molar-refractivity contribution is 6.33. The van der Waals surface area contributed by atoms with Crippen LogP contribution < -0.4 is 10.9 Å². The van der Waals surface area contributed by atoms with Gasteiger partial charge in [-0.2, -0.15) is 18.3 Å². The Kier molecular flexibility index (Phi) is 6.57. The zero-order valence-electron chi connectivity index (χ0n) is 17.6. The number of nitrogens with one attached hydrogen (secondary N) is 2. The number of hydrogen-bond acceptors (Lipinski definition) is 5. The van der Waals surface area contributed by atoms with Crippen LogP contribution in [-0.4, -0.2) is 22.1 Å². The summed E-state index contributed by atoms with van der Waals surface area (Å²) in [5, 5.41) is 8.51. The number of esters is 1. The van der Waals surface area contributed by atoms with E-state index in [9.17, 15) is 27.6 Å². The van der Waals surface area contributed by atoms with Gasteiger partial charge in [0.25, 0.3) is 11.5 Å². The average Bonchev–Trinajstić information content (AvgIpc) is 2.84. The molecule has 0 saturated heterocycles. The van der Waals surface area contributed by atoms with Crippen LogP contribution in [0.4, 0.5) is 18.9 Å². The molecule has 1 amide bonds. The third-order valence-corrected chi connectivity index (χ3v) is 5.34. The SMILES string of the molecule is O=C(OC(C(=O)Nc1cc(C(F)(F)F)ccc1Cl)c1ccccc1)c1n[nH]c(=O)c2ccccc12. The zero-order valence-corrected chi connectivity index (χ0v) is 18.4. The van der Waals surface area contributed by atoms with Gasteiger partial charge in [0.15, 0.2) is 5.69 Å². The number of anilines is 1. The normalized spacial score (nSPS) is 12.2. The number of fused-ring (bicyclic) bond motifs is 1. The van der Waals surface area contributed by atoms with Crippen molar-refractivity contribution in [2.24, 2.45) is 0 Å². The van der Waals surface area contributed by atoms with Gasteiger partial charge in [-0.05, 0) is 24.3 Å². The molecule has 0 bridgehead atoms. The quantitative estimate of drug-likeness (QED) is 0.369. The molecule has 1 aromatic heterocycles. The minimum Gasteiger partial charge on any atom is -0.442 e. The topological polar surface area (TPSA) is 101 Å². The number of benzene rings is 3. The minimum absolute atomic E-state index is 0.141. The molecule has 0 aliphatic rings. The molecule has 7 nitrogen and oxygen atoms in total. The van der Waals surface area contributed by atoms with Crippen molar-refractivity contribution in [3.63, 3.8) is 0 Å². The van der Waals surface area contributed by atoms with Crippen molar-refractivity contribution in [2.75, 3.05) is 5.32 Å². The second-order valence-electron chi connectivity index (χ2n) is 7.32. The molecule has 3 aromatic carbocycles. The average molecular weight is 502 g/mol. The number of nitrogens with zero attached hydrogens (tertiary/aromatic N) is 1. The molecule has 0 fully saturated rings. The maximum Gasteiger partial charge on any atom is 0.416 e. The van der Waals surface area contributed by atoms with Crippen molar-refractivity contribution in [1.82, 2.24) is 10.2 Å². The lowest BCUT2D eigenvalue weighted by Crippen LogP contribution is -2.27. The van der Waals surface area contributed by atoms with Crippen molar-refractivity contribution >= 4 is 39.9 Å². The van der Waals surface area contributed by atoms with E-state index in [1.807, 2.05) is 0 Å². The van der Waals surface area contributed by atoms with Gasteiger partial charge in [-0.1, -0.05) is 60.1 Å². The Balaban J connectivity index is 1.68. The maximum atomic E-state index is 13.1. The Bertz CT molecular complexity index is 1470. The van der Waals surface area contributed by atoms with E-state index >= 15 is 0 Å². The van der Waals surface area contributed by atoms with Gasteiger partial charge in [0.05, 0.1) is 21.7 Å². The number of H-pyrrole nitrogens is 1. The highest BCUT2D eigenvalue weighted by atomic mass is 35.5. The molecule has 0 saturated carbocycles. The largest absolute Gasteiger partial charge is 0.442 e. The molecule has 0 aliphatic heterocycles. The lowest BCUT2D eigenvalue weighted by Gasteiger charge is -2.19. The van der Waals surface area contributed by atoms with Crippen LogP contribution in [0.5, 0.6) is 0 Å². The number of aromatic amines is 1. The van der Waals surface area contributed by atoms with Crippen LogP contribution in [0.3, 0.4) is 0 Å². The third-order valence-electron chi connectivity index (χ3n) is 5.01. The fraction of sp³-hybridized carbons (Fsp3) is 0.0833. The maximum absolute atomic E-state index is 13.1. The van der Waals surface area contributed by atoms with Gasteiger partial charge in [0, 0.05) is 10.9 Å². The standard InChI is InChI=1S/C24H15ClF3N3O4/c25-17-11-10-14(24(26,27)28)12-18(17)29-22(33)20(13-6-2-1-3-7-13)35-23(34)19-15-8-4-5-9-16(15)21(32)31-30-19/h1-12,20H,(H,29,33)(H,31,32). The molecule has 0 radical (unpaired) electrons. The summed E-state index contributed by atoms with van der Waals surface area (Å²) in [6, 6.07) is 16.5. The molecule has 1 heterocycles.